The normalized spacial score (nSPS) is 10.1. The van der Waals surface area contributed by atoms with E-state index in [1.807, 2.05) is 0 Å². The molecule has 2 nitrogen and oxygen atoms in total. The highest BCUT2D eigenvalue weighted by atomic mass is 79.9. The molecule has 0 bridgehead atoms. The number of hydrogen-bond donors (Lipinski definition) is 1. The zero-order chi connectivity index (χ0) is 6.78. The first-order chi connectivity index (χ1) is 3.42. The highest BCUT2D eigenvalue weighted by molar-refractivity contribution is 5.74. The molecule has 2 N–H and O–H groups in total. The van der Waals surface area contributed by atoms with Gasteiger partial charge in [0.2, 0.25) is 5.91 Å². The summed E-state index contributed by atoms with van der Waals surface area (Å²) >= 11 is 0. The van der Waals surface area contributed by atoms with Crippen molar-refractivity contribution >= 4 is 5.91 Å². The molecule has 0 aromatic heterocycles. The van der Waals surface area contributed by atoms with Gasteiger partial charge in [0.25, 0.3) is 0 Å². The van der Waals surface area contributed by atoms with Crippen molar-refractivity contribution in [3.05, 3.63) is 0 Å². The molecule has 56 valence electrons. The molecule has 9 heavy (non-hydrogen) atoms. The van der Waals surface area contributed by atoms with Gasteiger partial charge in [-0.1, -0.05) is 0 Å². The van der Waals surface area contributed by atoms with Gasteiger partial charge in [0.05, 0.1) is 0 Å². The fourth-order valence-electron chi connectivity index (χ4n) is 0.198. The molecular weight excluding hydrogens is 203 g/mol. The van der Waals surface area contributed by atoms with Crippen LogP contribution < -0.4 is 22.7 Å². The van der Waals surface area contributed by atoms with Crippen LogP contribution in [0.25, 0.3) is 0 Å². The number of halogens is 4. The molecule has 0 saturated carbocycles. The quantitative estimate of drug-likeness (QED) is 0.504. The summed E-state index contributed by atoms with van der Waals surface area (Å²) in [7, 11) is 0. The molecule has 0 unspecified atom stereocenters. The van der Waals surface area contributed by atoms with Crippen LogP contribution in [0.2, 0.25) is 0 Å². The molecule has 0 fully saturated rings. The number of hydrogen-bond acceptors (Lipinski definition) is 1. The van der Waals surface area contributed by atoms with Crippen molar-refractivity contribution in [1.82, 2.24) is 0 Å². The van der Waals surface area contributed by atoms with E-state index in [1.54, 1.807) is 0 Å². The van der Waals surface area contributed by atoms with Crippen LogP contribution in [0.5, 0.6) is 0 Å². The Hall–Kier alpha value is -0.260. The zero-order valence-corrected chi connectivity index (χ0v) is 5.79. The number of alkyl halides is 3. The van der Waals surface area contributed by atoms with Crippen molar-refractivity contribution in [2.24, 2.45) is 5.73 Å². The first-order valence-corrected chi connectivity index (χ1v) is 1.77. The lowest BCUT2D eigenvalue weighted by Gasteiger charge is -1.99. The van der Waals surface area contributed by atoms with Gasteiger partial charge in [0.15, 0.2) is 0 Å². The molecule has 0 atom stereocenters. The number of amides is 1. The van der Waals surface area contributed by atoms with Crippen molar-refractivity contribution in [3.8, 4) is 0 Å². The number of carbonyl (C=O) groups excluding carboxylic acids is 1. The molecule has 0 aliphatic rings. The molecular formula is C3H4BrF3NO-. The second-order valence-corrected chi connectivity index (χ2v) is 1.26. The lowest BCUT2D eigenvalue weighted by molar-refractivity contribution is -0.151. The summed E-state index contributed by atoms with van der Waals surface area (Å²) in [5, 5.41) is 0. The van der Waals surface area contributed by atoms with Gasteiger partial charge in [-0.25, -0.2) is 0 Å². The van der Waals surface area contributed by atoms with Crippen molar-refractivity contribution < 1.29 is 34.9 Å². The van der Waals surface area contributed by atoms with E-state index in [9.17, 15) is 18.0 Å². The molecule has 0 radical (unpaired) electrons. The van der Waals surface area contributed by atoms with Gasteiger partial charge < -0.3 is 22.7 Å². The predicted molar refractivity (Wildman–Crippen MR) is 19.9 cm³/mol. The Kier molecular flexibility index (Phi) is 4.75. The Morgan fingerprint density at radius 1 is 1.44 bits per heavy atom. The second-order valence-electron chi connectivity index (χ2n) is 1.26. The lowest BCUT2D eigenvalue weighted by Crippen LogP contribution is -3.00. The fraction of sp³-hybridized carbons (Fsp3) is 0.667. The minimum atomic E-state index is -4.45. The Labute approximate surface area is 60.0 Å². The average Bonchev–Trinajstić information content (AvgIpc) is 1.21. The molecule has 0 aliphatic carbocycles. The molecule has 1 amide bonds. The molecule has 0 aromatic rings. The van der Waals surface area contributed by atoms with Gasteiger partial charge in [-0.15, -0.1) is 0 Å². The monoisotopic (exact) mass is 206 g/mol. The van der Waals surface area contributed by atoms with Crippen LogP contribution in [-0.2, 0) is 4.79 Å². The van der Waals surface area contributed by atoms with Crippen molar-refractivity contribution in [1.29, 1.82) is 0 Å². The second kappa shape index (κ2) is 3.71. The molecule has 0 spiro atoms. The number of nitrogens with two attached hydrogens (primary N) is 1. The standard InChI is InChI=1S/C3H4F3NO.BrH/c4-3(5,6)1-2(7)8;/h1H2,(H2,7,8);1H/p-1. The molecule has 0 heterocycles. The number of primary amides is 1. The third kappa shape index (κ3) is 11.4. The summed E-state index contributed by atoms with van der Waals surface area (Å²) in [6, 6.07) is 0. The van der Waals surface area contributed by atoms with Crippen LogP contribution in [0.15, 0.2) is 0 Å². The third-order valence-electron chi connectivity index (χ3n) is 0.375. The average molecular weight is 207 g/mol. The van der Waals surface area contributed by atoms with Gasteiger partial charge in [0.1, 0.15) is 6.42 Å². The van der Waals surface area contributed by atoms with Crippen LogP contribution in [0.1, 0.15) is 6.42 Å². The summed E-state index contributed by atoms with van der Waals surface area (Å²) in [4.78, 5) is 9.52. The summed E-state index contributed by atoms with van der Waals surface area (Å²) < 4.78 is 33.0. The van der Waals surface area contributed by atoms with E-state index in [2.05, 4.69) is 5.73 Å². The van der Waals surface area contributed by atoms with Gasteiger partial charge in [-0.3, -0.25) is 4.79 Å². The third-order valence-corrected chi connectivity index (χ3v) is 0.375. The maximum absolute atomic E-state index is 11.0. The highest BCUT2D eigenvalue weighted by Gasteiger charge is 2.29. The fourth-order valence-corrected chi connectivity index (χ4v) is 0.198. The minimum Gasteiger partial charge on any atom is -1.00 e. The number of rotatable bonds is 1. The molecule has 6 heteroatoms. The van der Waals surface area contributed by atoms with Gasteiger partial charge >= 0.3 is 6.18 Å². The number of carbonyl (C=O) groups is 1. The molecule has 0 saturated heterocycles. The Morgan fingerprint density at radius 2 is 1.78 bits per heavy atom. The Morgan fingerprint density at radius 3 is 1.78 bits per heavy atom. The van der Waals surface area contributed by atoms with Crippen LogP contribution in [0.4, 0.5) is 13.2 Å². The predicted octanol–water partition coefficient (Wildman–Crippen LogP) is -2.57. The van der Waals surface area contributed by atoms with Crippen molar-refractivity contribution in [2.45, 2.75) is 12.6 Å². The van der Waals surface area contributed by atoms with E-state index in [1.165, 1.54) is 0 Å². The highest BCUT2D eigenvalue weighted by Crippen LogP contribution is 2.17. The minimum absolute atomic E-state index is 0. The van der Waals surface area contributed by atoms with Crippen LogP contribution in [-0.4, -0.2) is 12.1 Å². The van der Waals surface area contributed by atoms with Gasteiger partial charge in [-0.05, 0) is 0 Å². The van der Waals surface area contributed by atoms with E-state index in [0.717, 1.165) is 0 Å². The smallest absolute Gasteiger partial charge is 0.397 e. The lowest BCUT2D eigenvalue weighted by atomic mass is 10.4. The first-order valence-electron chi connectivity index (χ1n) is 1.77. The van der Waals surface area contributed by atoms with Gasteiger partial charge in [-0.2, -0.15) is 13.2 Å². The van der Waals surface area contributed by atoms with E-state index in [4.69, 9.17) is 0 Å². The zero-order valence-electron chi connectivity index (χ0n) is 4.20. The summed E-state index contributed by atoms with van der Waals surface area (Å²) in [5.74, 6) is -1.35. The molecule has 0 rings (SSSR count). The van der Waals surface area contributed by atoms with Crippen LogP contribution in [0, 0.1) is 0 Å². The maximum Gasteiger partial charge on any atom is 0.397 e. The topological polar surface area (TPSA) is 43.1 Å². The van der Waals surface area contributed by atoms with E-state index in [-0.39, 0.29) is 17.0 Å². The Balaban J connectivity index is 0. The van der Waals surface area contributed by atoms with E-state index < -0.39 is 18.5 Å². The van der Waals surface area contributed by atoms with Crippen molar-refractivity contribution in [2.75, 3.05) is 0 Å². The summed E-state index contributed by atoms with van der Waals surface area (Å²) in [6.45, 7) is 0. The molecule has 0 aromatic carbocycles. The SMILES string of the molecule is NC(=O)CC(F)(F)F.[Br-]. The summed E-state index contributed by atoms with van der Waals surface area (Å²) in [6.07, 6.45) is -5.99. The van der Waals surface area contributed by atoms with Crippen molar-refractivity contribution in [3.63, 3.8) is 0 Å². The van der Waals surface area contributed by atoms with Crippen LogP contribution in [0.3, 0.4) is 0 Å². The van der Waals surface area contributed by atoms with E-state index >= 15 is 0 Å². The van der Waals surface area contributed by atoms with Crippen LogP contribution >= 0.6 is 0 Å². The van der Waals surface area contributed by atoms with Gasteiger partial charge in [0, 0.05) is 0 Å². The Bertz CT molecular complexity index is 102. The van der Waals surface area contributed by atoms with E-state index in [0.29, 0.717) is 0 Å². The molecule has 0 aliphatic heterocycles. The summed E-state index contributed by atoms with van der Waals surface area (Å²) in [5.41, 5.74) is 4.22. The largest absolute Gasteiger partial charge is 1.00 e. The maximum atomic E-state index is 11.0. The first kappa shape index (κ1) is 11.5.